The van der Waals surface area contributed by atoms with Crippen LogP contribution in [0.1, 0.15) is 94.9 Å². The Kier molecular flexibility index (Phi) is 19.3. The Labute approximate surface area is 500 Å². The van der Waals surface area contributed by atoms with E-state index in [2.05, 4.69) is 10.3 Å². The Morgan fingerprint density at radius 1 is 0.535 bits per heavy atom. The molecule has 9 rings (SSSR count). The zero-order valence-corrected chi connectivity index (χ0v) is 49.6. The van der Waals surface area contributed by atoms with Crippen LogP contribution in [0.25, 0.3) is 21.8 Å². The second kappa shape index (κ2) is 27.1. The van der Waals surface area contributed by atoms with E-state index in [1.165, 1.54) is 55.2 Å². The summed E-state index contributed by atoms with van der Waals surface area (Å²) in [6, 6.07) is 30.6. The first-order chi connectivity index (χ1) is 41.4. The van der Waals surface area contributed by atoms with Gasteiger partial charge in [-0.05, 0) is 80.3 Å². The van der Waals surface area contributed by atoms with Crippen molar-refractivity contribution < 1.29 is 38.4 Å². The van der Waals surface area contributed by atoms with Crippen LogP contribution in [0.3, 0.4) is 0 Å². The van der Waals surface area contributed by atoms with Crippen molar-refractivity contribution >= 4 is 69.1 Å². The van der Waals surface area contributed by atoms with E-state index in [-0.39, 0.29) is 45.3 Å². The first kappa shape index (κ1) is 61.2. The number of carbonyl (C=O) groups excluding carboxylic acids is 8. The van der Waals surface area contributed by atoms with Crippen LogP contribution < -0.4 is 11.5 Å². The van der Waals surface area contributed by atoms with Crippen molar-refractivity contribution in [2.24, 2.45) is 11.5 Å². The molecule has 21 heteroatoms. The number of pyridine rings is 2. The molecule has 86 heavy (non-hydrogen) atoms. The summed E-state index contributed by atoms with van der Waals surface area (Å²) in [5.74, 6) is -4.25. The van der Waals surface area contributed by atoms with E-state index in [1.54, 1.807) is 25.4 Å². The normalized spacial score (nSPS) is 16.3. The Bertz CT molecular complexity index is 3650. The number of likely N-dealkylation sites (tertiary alicyclic amines) is 2. The molecule has 7 aromatic rings. The first-order valence-electron chi connectivity index (χ1n) is 29.4. The molecule has 0 saturated carbocycles. The molecule has 0 radical (unpaired) electrons. The molecule has 448 valence electrons. The van der Waals surface area contributed by atoms with Gasteiger partial charge in [-0.15, -0.1) is 5.10 Å². The highest BCUT2D eigenvalue weighted by atomic mass is 16.2. The van der Waals surface area contributed by atoms with Crippen LogP contribution >= 0.6 is 0 Å². The number of para-hydroxylation sites is 2. The summed E-state index contributed by atoms with van der Waals surface area (Å²) < 4.78 is 1.50. The van der Waals surface area contributed by atoms with E-state index in [0.29, 0.717) is 77.8 Å². The fourth-order valence-electron chi connectivity index (χ4n) is 12.0. The maximum atomic E-state index is 15.4. The van der Waals surface area contributed by atoms with Crippen LogP contribution in [0.15, 0.2) is 128 Å². The number of aryl methyl sites for hydroxylation is 3. The topological polar surface area (TPSA) is 265 Å². The van der Waals surface area contributed by atoms with Crippen LogP contribution in [-0.2, 0) is 67.4 Å². The van der Waals surface area contributed by atoms with Crippen molar-refractivity contribution in [1.82, 2.24) is 54.4 Å². The summed E-state index contributed by atoms with van der Waals surface area (Å²) >= 11 is 0. The second-order valence-corrected chi connectivity index (χ2v) is 22.4. The monoisotopic (exact) mass is 1170 g/mol. The number of benzene rings is 4. The SMILES string of the molecule is CCc1nc2ccccc2cc1C(=O)N(C)[C@@H](CCn1cc(C[C@@H](C(=O)N2CCC[C@H]2C(=O)N(C)[C@@H](Cc2ccccc2)C(N)=O)N(C)C(=O)c2cc3ccccc3nc2CC)nn1)C(=O)N1CCC[C@H]1C(=O)N(C)[C@@H](Cc1ccccc1)C(N)=O. The predicted octanol–water partition coefficient (Wildman–Crippen LogP) is 4.81. The summed E-state index contributed by atoms with van der Waals surface area (Å²) in [5.41, 5.74) is 16.9. The number of hydrogen-bond acceptors (Lipinski definition) is 12. The molecule has 0 spiro atoms. The second-order valence-electron chi connectivity index (χ2n) is 22.4. The summed E-state index contributed by atoms with van der Waals surface area (Å²) in [7, 11) is 6.12. The van der Waals surface area contributed by atoms with Gasteiger partial charge in [0, 0.05) is 84.1 Å². The van der Waals surface area contributed by atoms with E-state index >= 15 is 9.59 Å². The molecule has 2 aliphatic heterocycles. The van der Waals surface area contributed by atoms with Gasteiger partial charge in [0.2, 0.25) is 35.4 Å². The lowest BCUT2D eigenvalue weighted by Gasteiger charge is -2.36. The highest BCUT2D eigenvalue weighted by molar-refractivity contribution is 6.03. The summed E-state index contributed by atoms with van der Waals surface area (Å²) in [4.78, 5) is 133. The maximum absolute atomic E-state index is 15.4. The van der Waals surface area contributed by atoms with Crippen molar-refractivity contribution in [3.05, 3.63) is 167 Å². The van der Waals surface area contributed by atoms with Gasteiger partial charge < -0.3 is 40.9 Å². The molecule has 2 saturated heterocycles. The molecule has 2 fully saturated rings. The molecule has 3 aromatic heterocycles. The Morgan fingerprint density at radius 3 is 1.40 bits per heavy atom. The molecule has 4 N–H and O–H groups in total. The number of aromatic nitrogens is 5. The number of primary amides is 2. The first-order valence-corrected chi connectivity index (χ1v) is 29.4. The molecule has 0 unspecified atom stereocenters. The van der Waals surface area contributed by atoms with Gasteiger partial charge in [-0.2, -0.15) is 0 Å². The third-order valence-corrected chi connectivity index (χ3v) is 17.0. The van der Waals surface area contributed by atoms with E-state index in [1.807, 2.05) is 123 Å². The van der Waals surface area contributed by atoms with Gasteiger partial charge in [0.15, 0.2) is 0 Å². The van der Waals surface area contributed by atoms with Gasteiger partial charge in [0.05, 0.1) is 39.2 Å². The minimum atomic E-state index is -1.23. The number of hydrogen-bond donors (Lipinski definition) is 2. The average Bonchev–Trinajstić information content (AvgIpc) is 1.76. The van der Waals surface area contributed by atoms with Crippen LogP contribution in [0, 0.1) is 0 Å². The summed E-state index contributed by atoms with van der Waals surface area (Å²) in [5, 5.41) is 10.4. The minimum absolute atomic E-state index is 0.00529. The lowest BCUT2D eigenvalue weighted by Crippen LogP contribution is -2.57. The van der Waals surface area contributed by atoms with Crippen molar-refractivity contribution in [2.75, 3.05) is 41.3 Å². The van der Waals surface area contributed by atoms with Crippen LogP contribution in [0.2, 0.25) is 0 Å². The molecule has 6 atom stereocenters. The highest BCUT2D eigenvalue weighted by Gasteiger charge is 2.45. The van der Waals surface area contributed by atoms with Crippen molar-refractivity contribution in [1.29, 1.82) is 0 Å². The number of rotatable bonds is 23. The van der Waals surface area contributed by atoms with E-state index in [4.69, 9.17) is 21.4 Å². The van der Waals surface area contributed by atoms with Gasteiger partial charge in [0.1, 0.15) is 36.3 Å². The highest BCUT2D eigenvalue weighted by Crippen LogP contribution is 2.29. The third-order valence-electron chi connectivity index (χ3n) is 17.0. The quantitative estimate of drug-likeness (QED) is 0.0875. The van der Waals surface area contributed by atoms with Gasteiger partial charge in [-0.1, -0.05) is 116 Å². The fraction of sp³-hybridized carbons (Fsp3) is 0.385. The average molecular weight is 1170 g/mol. The Hall–Kier alpha value is -9.40. The van der Waals surface area contributed by atoms with Gasteiger partial charge >= 0.3 is 0 Å². The molecule has 8 amide bonds. The molecular formula is C65H75N13O8. The van der Waals surface area contributed by atoms with Gasteiger partial charge in [0.25, 0.3) is 11.8 Å². The molecule has 0 bridgehead atoms. The maximum Gasteiger partial charge on any atom is 0.256 e. The number of amides is 8. The lowest BCUT2D eigenvalue weighted by molar-refractivity contribution is -0.148. The number of carbonyl (C=O) groups is 8. The van der Waals surface area contributed by atoms with Crippen molar-refractivity contribution in [2.45, 2.75) is 121 Å². The largest absolute Gasteiger partial charge is 0.368 e. The van der Waals surface area contributed by atoms with Crippen LogP contribution in [0.5, 0.6) is 0 Å². The molecular weight excluding hydrogens is 1090 g/mol. The number of nitrogens with zero attached hydrogens (tertiary/aromatic N) is 11. The van der Waals surface area contributed by atoms with Gasteiger partial charge in [-0.3, -0.25) is 53.0 Å². The number of nitrogens with two attached hydrogens (primary N) is 2. The molecule has 21 nitrogen and oxygen atoms in total. The zero-order valence-electron chi connectivity index (χ0n) is 49.6. The van der Waals surface area contributed by atoms with E-state index in [0.717, 1.165) is 21.9 Å². The van der Waals surface area contributed by atoms with E-state index in [9.17, 15) is 28.8 Å². The lowest BCUT2D eigenvalue weighted by atomic mass is 10.0. The Balaban J connectivity index is 1.01. The molecule has 4 aromatic carbocycles. The summed E-state index contributed by atoms with van der Waals surface area (Å²) in [6.07, 6.45) is 4.24. The smallest absolute Gasteiger partial charge is 0.256 e. The Morgan fingerprint density at radius 2 is 0.953 bits per heavy atom. The van der Waals surface area contributed by atoms with Crippen LogP contribution in [0.4, 0.5) is 0 Å². The fourth-order valence-corrected chi connectivity index (χ4v) is 12.0. The standard InChI is InChI=1S/C65H75N13O8/c1-7-48-46(37-43-25-15-17-27-50(43)68-48)60(81)72(3)52(64(85)77-32-19-29-53(77)62(83)73(4)55(58(66)79)35-41-21-11-9-12-22-41)31-34-76-40-45(70-71-76)39-57(75(6)61(82)47-38-44-26-16-18-28-51(44)69-49(47)8-2)65(86)78-33-20-30-54(78)63(84)74(5)56(59(67)80)36-42-23-13-10-14-24-42/h9-18,21-28,37-38,40,52-57H,7-8,19-20,29-36,39H2,1-6H3,(H2,66,79)(H2,67,80)/t52-,53-,54-,55-,56-,57-/m0/s1. The number of likely N-dealkylation sites (N-methyl/N-ethyl adjacent to an activating group) is 4. The third kappa shape index (κ3) is 13.3. The minimum Gasteiger partial charge on any atom is -0.368 e. The predicted molar refractivity (Wildman–Crippen MR) is 324 cm³/mol. The van der Waals surface area contributed by atoms with Crippen LogP contribution in [-0.4, -0.2) is 179 Å². The summed E-state index contributed by atoms with van der Waals surface area (Å²) in [6.45, 7) is 4.23. The number of fused-ring (bicyclic) bond motifs is 2. The molecule has 0 aliphatic carbocycles. The van der Waals surface area contributed by atoms with Crippen molar-refractivity contribution in [3.8, 4) is 0 Å². The van der Waals surface area contributed by atoms with Gasteiger partial charge in [-0.25, -0.2) is 0 Å². The molecule has 2 aliphatic rings. The van der Waals surface area contributed by atoms with Crippen molar-refractivity contribution in [3.63, 3.8) is 0 Å². The zero-order chi connectivity index (χ0) is 61.3. The molecule has 5 heterocycles. The van der Waals surface area contributed by atoms with E-state index < -0.39 is 83.5 Å².